The molecule has 0 aliphatic heterocycles. The maximum atomic E-state index is 13.5. The summed E-state index contributed by atoms with van der Waals surface area (Å²) in [5.41, 5.74) is 5.56. The van der Waals surface area contributed by atoms with Gasteiger partial charge < -0.3 is 0 Å². The molecule has 0 radical (unpaired) electrons. The molecule has 0 amide bonds. The largest absolute Gasteiger partial charge is 0.279 e. The molecule has 0 atom stereocenters. The monoisotopic (exact) mass is 387 g/mol. The predicted molar refractivity (Wildman–Crippen MR) is 115 cm³/mol. The maximum absolute atomic E-state index is 13.5. The van der Waals surface area contributed by atoms with E-state index in [0.717, 1.165) is 22.3 Å². The van der Waals surface area contributed by atoms with Gasteiger partial charge in [-0.3, -0.25) is 4.72 Å². The van der Waals surface area contributed by atoms with Gasteiger partial charge in [0.25, 0.3) is 10.0 Å². The molecule has 0 fully saturated rings. The molecule has 27 heavy (non-hydrogen) atoms. The van der Waals surface area contributed by atoms with Crippen LogP contribution in [0.1, 0.15) is 87.1 Å². The van der Waals surface area contributed by atoms with Gasteiger partial charge in [0.2, 0.25) is 0 Å². The average Bonchev–Trinajstić information content (AvgIpc) is 2.56. The molecule has 4 heteroatoms. The number of nitrogens with one attached hydrogen (secondary N) is 1. The fourth-order valence-electron chi connectivity index (χ4n) is 3.24. The van der Waals surface area contributed by atoms with Crippen molar-refractivity contribution in [2.45, 2.75) is 78.0 Å². The second kappa shape index (κ2) is 8.05. The fraction of sp³-hybridized carbons (Fsp3) is 0.478. The topological polar surface area (TPSA) is 46.2 Å². The van der Waals surface area contributed by atoms with Crippen LogP contribution >= 0.6 is 0 Å². The molecule has 1 N–H and O–H groups in total. The van der Waals surface area contributed by atoms with Gasteiger partial charge in [-0.1, -0.05) is 65.8 Å². The van der Waals surface area contributed by atoms with Crippen molar-refractivity contribution in [1.82, 2.24) is 0 Å². The molecule has 0 spiro atoms. The number of benzene rings is 2. The lowest BCUT2D eigenvalue weighted by atomic mass is 9.89. The van der Waals surface area contributed by atoms with Crippen LogP contribution in [0, 0.1) is 13.8 Å². The van der Waals surface area contributed by atoms with Crippen LogP contribution < -0.4 is 4.72 Å². The first kappa shape index (κ1) is 21.5. The van der Waals surface area contributed by atoms with E-state index in [1.165, 1.54) is 5.56 Å². The van der Waals surface area contributed by atoms with E-state index in [-0.39, 0.29) is 11.8 Å². The highest BCUT2D eigenvalue weighted by molar-refractivity contribution is 7.92. The quantitative estimate of drug-likeness (QED) is 0.617. The SMILES string of the molecule is Cc1ccc(C)c(NS(=O)(=O)c2c(C(C)C)cc(C(C)C)cc2C(C)C)c1. The summed E-state index contributed by atoms with van der Waals surface area (Å²) in [5.74, 6) is 0.585. The number of hydrogen-bond donors (Lipinski definition) is 1. The Morgan fingerprint density at radius 2 is 1.30 bits per heavy atom. The third-order valence-corrected chi connectivity index (χ3v) is 6.48. The van der Waals surface area contributed by atoms with Gasteiger partial charge in [0, 0.05) is 0 Å². The first-order valence-corrected chi connectivity index (χ1v) is 11.2. The summed E-state index contributed by atoms with van der Waals surface area (Å²) >= 11 is 0. The number of hydrogen-bond acceptors (Lipinski definition) is 2. The molecule has 0 saturated heterocycles. The van der Waals surface area contributed by atoms with Crippen LogP contribution in [0.2, 0.25) is 0 Å². The molecule has 0 aliphatic rings. The number of anilines is 1. The molecule has 2 aromatic rings. The minimum absolute atomic E-state index is 0.117. The molecule has 3 nitrogen and oxygen atoms in total. The normalized spacial score (nSPS) is 12.3. The van der Waals surface area contributed by atoms with Crippen molar-refractivity contribution in [1.29, 1.82) is 0 Å². The van der Waals surface area contributed by atoms with Crippen molar-refractivity contribution in [2.24, 2.45) is 0 Å². The third kappa shape index (κ3) is 4.73. The maximum Gasteiger partial charge on any atom is 0.262 e. The Hall–Kier alpha value is -1.81. The summed E-state index contributed by atoms with van der Waals surface area (Å²) in [6.07, 6.45) is 0. The van der Waals surface area contributed by atoms with Crippen molar-refractivity contribution in [3.63, 3.8) is 0 Å². The Bertz CT molecular complexity index is 896. The zero-order chi connectivity index (χ0) is 20.5. The summed E-state index contributed by atoms with van der Waals surface area (Å²) in [6, 6.07) is 9.96. The van der Waals surface area contributed by atoms with Crippen LogP contribution in [0.5, 0.6) is 0 Å². The minimum Gasteiger partial charge on any atom is -0.279 e. The van der Waals surface area contributed by atoms with Gasteiger partial charge in [-0.25, -0.2) is 8.42 Å². The van der Waals surface area contributed by atoms with Crippen LogP contribution in [0.3, 0.4) is 0 Å². The summed E-state index contributed by atoms with van der Waals surface area (Å²) < 4.78 is 29.8. The van der Waals surface area contributed by atoms with Crippen molar-refractivity contribution >= 4 is 15.7 Å². The first-order valence-electron chi connectivity index (χ1n) is 9.71. The van der Waals surface area contributed by atoms with E-state index in [4.69, 9.17) is 0 Å². The van der Waals surface area contributed by atoms with Gasteiger partial charge in [-0.15, -0.1) is 0 Å². The first-order chi connectivity index (χ1) is 12.4. The molecule has 0 saturated carbocycles. The Morgan fingerprint density at radius 3 is 1.74 bits per heavy atom. The molecule has 2 aromatic carbocycles. The molecule has 0 bridgehead atoms. The Labute approximate surface area is 165 Å². The van der Waals surface area contributed by atoms with E-state index < -0.39 is 10.0 Å². The van der Waals surface area contributed by atoms with Crippen molar-refractivity contribution in [3.05, 3.63) is 58.1 Å². The van der Waals surface area contributed by atoms with Gasteiger partial charge >= 0.3 is 0 Å². The van der Waals surface area contributed by atoms with E-state index in [1.807, 2.05) is 32.0 Å². The lowest BCUT2D eigenvalue weighted by molar-refractivity contribution is 0.595. The average molecular weight is 388 g/mol. The van der Waals surface area contributed by atoms with E-state index in [9.17, 15) is 8.42 Å². The van der Waals surface area contributed by atoms with E-state index in [0.29, 0.717) is 16.5 Å². The summed E-state index contributed by atoms with van der Waals surface area (Å²) in [5, 5.41) is 0. The highest BCUT2D eigenvalue weighted by Gasteiger charge is 2.27. The molecule has 0 unspecified atom stereocenters. The molecular formula is C23H33NO2S. The smallest absolute Gasteiger partial charge is 0.262 e. The molecule has 0 aromatic heterocycles. The van der Waals surface area contributed by atoms with Crippen LogP contribution in [0.4, 0.5) is 5.69 Å². The van der Waals surface area contributed by atoms with Crippen molar-refractivity contribution < 1.29 is 8.42 Å². The molecule has 2 rings (SSSR count). The Kier molecular flexibility index (Phi) is 6.41. The van der Waals surface area contributed by atoms with E-state index in [2.05, 4.69) is 58.4 Å². The molecule has 0 heterocycles. The predicted octanol–water partition coefficient (Wildman–Crippen LogP) is 6.47. The van der Waals surface area contributed by atoms with Crippen molar-refractivity contribution in [3.8, 4) is 0 Å². The van der Waals surface area contributed by atoms with Crippen LogP contribution in [0.15, 0.2) is 35.2 Å². The lowest BCUT2D eigenvalue weighted by Gasteiger charge is -2.23. The molecule has 0 aliphatic carbocycles. The van der Waals surface area contributed by atoms with Gasteiger partial charge in [-0.2, -0.15) is 0 Å². The van der Waals surface area contributed by atoms with E-state index >= 15 is 0 Å². The fourth-order valence-corrected chi connectivity index (χ4v) is 5.06. The summed E-state index contributed by atoms with van der Waals surface area (Å²) in [6.45, 7) is 16.4. The summed E-state index contributed by atoms with van der Waals surface area (Å²) in [4.78, 5) is 0.442. The third-order valence-electron chi connectivity index (χ3n) is 4.99. The highest BCUT2D eigenvalue weighted by atomic mass is 32.2. The van der Waals surface area contributed by atoms with Gasteiger partial charge in [0.05, 0.1) is 10.6 Å². The number of sulfonamides is 1. The zero-order valence-electron chi connectivity index (χ0n) is 17.8. The second-order valence-corrected chi connectivity index (χ2v) is 10.0. The second-order valence-electron chi connectivity index (χ2n) is 8.42. The van der Waals surface area contributed by atoms with Crippen LogP contribution in [0.25, 0.3) is 0 Å². The molecule has 148 valence electrons. The van der Waals surface area contributed by atoms with Gasteiger partial charge in [0.1, 0.15) is 0 Å². The Balaban J connectivity index is 2.72. The lowest BCUT2D eigenvalue weighted by Crippen LogP contribution is -2.19. The standard InChI is InChI=1S/C23H33NO2S/c1-14(2)19-12-20(15(3)4)23(21(13-19)16(5)6)27(25,26)24-22-11-17(7)9-10-18(22)8/h9-16,24H,1-8H3. The molecular weight excluding hydrogens is 354 g/mol. The van der Waals surface area contributed by atoms with Gasteiger partial charge in [-0.05, 0) is 65.5 Å². The van der Waals surface area contributed by atoms with Crippen LogP contribution in [-0.2, 0) is 10.0 Å². The van der Waals surface area contributed by atoms with Gasteiger partial charge in [0.15, 0.2) is 0 Å². The zero-order valence-corrected chi connectivity index (χ0v) is 18.7. The number of aryl methyl sites for hydroxylation is 2. The minimum atomic E-state index is -3.70. The summed E-state index contributed by atoms with van der Waals surface area (Å²) in [7, 11) is -3.70. The van der Waals surface area contributed by atoms with E-state index in [1.54, 1.807) is 0 Å². The highest BCUT2D eigenvalue weighted by Crippen LogP contribution is 2.36. The van der Waals surface area contributed by atoms with Crippen LogP contribution in [-0.4, -0.2) is 8.42 Å². The Morgan fingerprint density at radius 1 is 0.778 bits per heavy atom. The van der Waals surface area contributed by atoms with Crippen molar-refractivity contribution in [2.75, 3.05) is 4.72 Å². The number of rotatable bonds is 6.